The maximum Gasteiger partial charge on any atom is 0.305 e. The van der Waals surface area contributed by atoms with E-state index in [1.54, 1.807) is 0 Å². The van der Waals surface area contributed by atoms with Crippen LogP contribution >= 0.6 is 0 Å². The first-order valence-corrected chi connectivity index (χ1v) is 15.4. The third-order valence-corrected chi connectivity index (χ3v) is 10.6. The summed E-state index contributed by atoms with van der Waals surface area (Å²) in [6, 6.07) is 15.8. The molecule has 1 aliphatic carbocycles. The van der Waals surface area contributed by atoms with Crippen molar-refractivity contribution in [2.45, 2.75) is 110 Å². The van der Waals surface area contributed by atoms with Gasteiger partial charge in [0.15, 0.2) is 5.75 Å². The molecular weight excluding hydrogens is 503 g/mol. The molecule has 0 saturated carbocycles. The Bertz CT molecular complexity index is 1740. The standard InChI is InChI=1S/C37H43BO3/c1-11-35(5,6)22-13-15-26-23(18-22)31-33(40-26)38-25-14-12-21(34(2,3)4)19-27(25)39-28-20-24-29(32(41-31)30(28)38)37(9,10)17-16-36(24,7)8/h12-15,18-20H,11,16-17H2,1-10H3. The molecule has 0 radical (unpaired) electrons. The summed E-state index contributed by atoms with van der Waals surface area (Å²) in [6.45, 7) is 23.0. The van der Waals surface area contributed by atoms with Gasteiger partial charge in [0.05, 0.1) is 5.39 Å². The highest BCUT2D eigenvalue weighted by Gasteiger charge is 2.49. The molecule has 212 valence electrons. The molecule has 41 heavy (non-hydrogen) atoms. The van der Waals surface area contributed by atoms with Crippen molar-refractivity contribution in [1.29, 1.82) is 0 Å². The summed E-state index contributed by atoms with van der Waals surface area (Å²) in [5.41, 5.74) is 9.41. The Morgan fingerprint density at radius 2 is 1.49 bits per heavy atom. The third kappa shape index (κ3) is 3.78. The van der Waals surface area contributed by atoms with Crippen molar-refractivity contribution in [2.75, 3.05) is 0 Å². The van der Waals surface area contributed by atoms with Gasteiger partial charge in [-0.1, -0.05) is 87.4 Å². The molecule has 7 rings (SSSR count). The maximum absolute atomic E-state index is 7.13. The smallest absolute Gasteiger partial charge is 0.305 e. The van der Waals surface area contributed by atoms with Gasteiger partial charge in [0.2, 0.25) is 0 Å². The van der Waals surface area contributed by atoms with Gasteiger partial charge >= 0.3 is 6.71 Å². The Balaban J connectivity index is 1.56. The lowest BCUT2D eigenvalue weighted by Gasteiger charge is -2.45. The number of hydrogen-bond donors (Lipinski definition) is 0. The molecule has 0 N–H and O–H groups in total. The van der Waals surface area contributed by atoms with Crippen LogP contribution in [0.2, 0.25) is 0 Å². The second-order valence-corrected chi connectivity index (χ2v) is 15.7. The van der Waals surface area contributed by atoms with Crippen LogP contribution in [0.5, 0.6) is 23.0 Å². The second-order valence-electron chi connectivity index (χ2n) is 15.7. The van der Waals surface area contributed by atoms with Crippen molar-refractivity contribution in [3.63, 3.8) is 0 Å². The summed E-state index contributed by atoms with van der Waals surface area (Å²) in [5, 5.41) is 1.07. The summed E-state index contributed by atoms with van der Waals surface area (Å²) in [4.78, 5) is 0. The molecule has 3 nitrogen and oxygen atoms in total. The fourth-order valence-corrected chi connectivity index (χ4v) is 7.19. The number of fused-ring (bicyclic) bond motifs is 8. The Morgan fingerprint density at radius 3 is 2.20 bits per heavy atom. The lowest BCUT2D eigenvalue weighted by molar-refractivity contribution is 0.318. The van der Waals surface area contributed by atoms with Gasteiger partial charge in [0, 0.05) is 11.0 Å². The normalized spacial score (nSPS) is 18.1. The van der Waals surface area contributed by atoms with Crippen LogP contribution in [-0.2, 0) is 21.7 Å². The maximum atomic E-state index is 7.13. The summed E-state index contributed by atoms with van der Waals surface area (Å²) in [6.07, 6.45) is 3.31. The summed E-state index contributed by atoms with van der Waals surface area (Å²) >= 11 is 0. The number of rotatable bonds is 2. The van der Waals surface area contributed by atoms with Crippen LogP contribution < -0.4 is 26.1 Å². The first-order valence-electron chi connectivity index (χ1n) is 15.4. The summed E-state index contributed by atoms with van der Waals surface area (Å²) in [7, 11) is 0. The number of furan rings is 1. The molecule has 0 bridgehead atoms. The zero-order valence-electron chi connectivity index (χ0n) is 26.5. The highest BCUT2D eigenvalue weighted by molar-refractivity contribution is 6.97. The van der Waals surface area contributed by atoms with Crippen molar-refractivity contribution in [2.24, 2.45) is 0 Å². The lowest BCUT2D eigenvalue weighted by atomic mass is 9.36. The molecular formula is C37H43BO3. The number of hydrogen-bond acceptors (Lipinski definition) is 3. The quantitative estimate of drug-likeness (QED) is 0.204. The van der Waals surface area contributed by atoms with E-state index in [4.69, 9.17) is 13.9 Å². The van der Waals surface area contributed by atoms with Gasteiger partial charge in [-0.05, 0) is 87.3 Å². The van der Waals surface area contributed by atoms with Gasteiger partial charge in [-0.25, -0.2) is 0 Å². The highest BCUT2D eigenvalue weighted by atomic mass is 16.5. The average Bonchev–Trinajstić information content (AvgIpc) is 3.27. The first-order chi connectivity index (χ1) is 19.1. The molecule has 0 fully saturated rings. The van der Waals surface area contributed by atoms with E-state index < -0.39 is 0 Å². The van der Waals surface area contributed by atoms with Gasteiger partial charge in [-0.3, -0.25) is 0 Å². The van der Waals surface area contributed by atoms with Crippen LogP contribution in [0, 0.1) is 0 Å². The molecule has 4 aromatic rings. The van der Waals surface area contributed by atoms with E-state index in [1.807, 2.05) is 0 Å². The molecule has 0 amide bonds. The van der Waals surface area contributed by atoms with E-state index in [1.165, 1.54) is 22.3 Å². The SMILES string of the molecule is CCC(C)(C)c1ccc2oc3c(c2c1)Oc1c2c(cc4c1C(C)(C)CCC4(C)C)Oc1cc(C(C)(C)C)ccc1B32. The van der Waals surface area contributed by atoms with E-state index in [0.717, 1.165) is 69.8 Å². The highest BCUT2D eigenvalue weighted by Crippen LogP contribution is 2.53. The minimum absolute atomic E-state index is 0.0114. The Hall–Kier alpha value is -3.14. The predicted molar refractivity (Wildman–Crippen MR) is 171 cm³/mol. The third-order valence-electron chi connectivity index (χ3n) is 10.6. The van der Waals surface area contributed by atoms with Gasteiger partial charge in [-0.2, -0.15) is 0 Å². The minimum Gasteiger partial charge on any atom is -0.466 e. The van der Waals surface area contributed by atoms with Crippen molar-refractivity contribution >= 4 is 34.3 Å². The van der Waals surface area contributed by atoms with Crippen LogP contribution in [0.25, 0.3) is 11.0 Å². The first kappa shape index (κ1) is 26.7. The van der Waals surface area contributed by atoms with Crippen LogP contribution in [0.3, 0.4) is 0 Å². The number of ether oxygens (including phenoxy) is 2. The summed E-state index contributed by atoms with van der Waals surface area (Å²) < 4.78 is 20.7. The molecule has 4 heteroatoms. The molecule has 3 heterocycles. The molecule has 0 atom stereocenters. The van der Waals surface area contributed by atoms with Crippen molar-refractivity contribution < 1.29 is 13.9 Å². The van der Waals surface area contributed by atoms with Gasteiger partial charge in [0.1, 0.15) is 28.5 Å². The molecule has 2 aliphatic heterocycles. The van der Waals surface area contributed by atoms with Gasteiger partial charge in [0.25, 0.3) is 0 Å². The van der Waals surface area contributed by atoms with E-state index in [2.05, 4.69) is 112 Å². The Labute approximate surface area is 245 Å². The second kappa shape index (κ2) is 8.24. The fourth-order valence-electron chi connectivity index (χ4n) is 7.19. The molecule has 0 spiro atoms. The number of benzene rings is 3. The zero-order chi connectivity index (χ0) is 29.3. The van der Waals surface area contributed by atoms with E-state index in [-0.39, 0.29) is 28.4 Å². The molecule has 0 unspecified atom stereocenters. The van der Waals surface area contributed by atoms with E-state index in [0.29, 0.717) is 0 Å². The monoisotopic (exact) mass is 546 g/mol. The molecule has 3 aliphatic rings. The van der Waals surface area contributed by atoms with Crippen molar-refractivity contribution in [3.8, 4) is 23.0 Å². The van der Waals surface area contributed by atoms with Gasteiger partial charge in [-0.15, -0.1) is 0 Å². The van der Waals surface area contributed by atoms with Crippen LogP contribution in [0.15, 0.2) is 46.9 Å². The van der Waals surface area contributed by atoms with Crippen LogP contribution in [-0.4, -0.2) is 6.71 Å². The average molecular weight is 547 g/mol. The fraction of sp³-hybridized carbons (Fsp3) is 0.459. The summed E-state index contributed by atoms with van der Waals surface area (Å²) in [5.74, 6) is 3.69. The molecule has 0 saturated heterocycles. The van der Waals surface area contributed by atoms with Gasteiger partial charge < -0.3 is 13.9 Å². The minimum atomic E-state index is -0.0808. The van der Waals surface area contributed by atoms with E-state index >= 15 is 0 Å². The van der Waals surface area contributed by atoms with Crippen molar-refractivity contribution in [3.05, 3.63) is 64.7 Å². The largest absolute Gasteiger partial charge is 0.466 e. The Kier molecular flexibility index (Phi) is 5.37. The Morgan fingerprint density at radius 1 is 0.780 bits per heavy atom. The molecule has 1 aromatic heterocycles. The van der Waals surface area contributed by atoms with E-state index in [9.17, 15) is 0 Å². The molecule has 3 aromatic carbocycles. The van der Waals surface area contributed by atoms with Crippen LogP contribution in [0.4, 0.5) is 0 Å². The van der Waals surface area contributed by atoms with Crippen LogP contribution in [0.1, 0.15) is 111 Å². The predicted octanol–water partition coefficient (Wildman–Crippen LogP) is 8.49. The topological polar surface area (TPSA) is 31.6 Å². The lowest BCUT2D eigenvalue weighted by Crippen LogP contribution is -2.58. The van der Waals surface area contributed by atoms with Crippen molar-refractivity contribution in [1.82, 2.24) is 0 Å². The zero-order valence-corrected chi connectivity index (χ0v) is 26.5.